The summed E-state index contributed by atoms with van der Waals surface area (Å²) in [5, 5.41) is 4.10. The molecule has 0 radical (unpaired) electrons. The molecule has 0 spiro atoms. The highest BCUT2D eigenvalue weighted by Crippen LogP contribution is 2.30. The number of hydrogen-bond donors (Lipinski definition) is 1. The number of benzene rings is 1. The van der Waals surface area contributed by atoms with E-state index in [1.165, 1.54) is 5.56 Å². The molecule has 3 nitrogen and oxygen atoms in total. The van der Waals surface area contributed by atoms with Gasteiger partial charge < -0.3 is 15.0 Å². The molecule has 2 rings (SSSR count). The van der Waals surface area contributed by atoms with Crippen LogP contribution in [0.15, 0.2) is 18.2 Å². The molecule has 0 saturated carbocycles. The lowest BCUT2D eigenvalue weighted by Crippen LogP contribution is -2.35. The Labute approximate surface area is 127 Å². The summed E-state index contributed by atoms with van der Waals surface area (Å²) in [5.41, 5.74) is 1.20. The van der Waals surface area contributed by atoms with Gasteiger partial charge in [0.1, 0.15) is 11.9 Å². The first-order valence-corrected chi connectivity index (χ1v) is 7.86. The van der Waals surface area contributed by atoms with Gasteiger partial charge in [-0.3, -0.25) is 0 Å². The predicted molar refractivity (Wildman–Crippen MR) is 84.7 cm³/mol. The van der Waals surface area contributed by atoms with Crippen molar-refractivity contribution in [2.24, 2.45) is 0 Å². The second-order valence-corrected chi connectivity index (χ2v) is 6.00. The van der Waals surface area contributed by atoms with Gasteiger partial charge in [-0.15, -0.1) is 0 Å². The number of ether oxygens (including phenoxy) is 1. The highest BCUT2D eigenvalue weighted by Gasteiger charge is 2.19. The zero-order chi connectivity index (χ0) is 14.5. The molecule has 1 unspecified atom stereocenters. The van der Waals surface area contributed by atoms with Crippen molar-refractivity contribution in [3.05, 3.63) is 28.8 Å². The molecule has 0 aromatic heterocycles. The van der Waals surface area contributed by atoms with Gasteiger partial charge in [-0.25, -0.2) is 0 Å². The molecule has 1 saturated heterocycles. The Morgan fingerprint density at radius 2 is 2.10 bits per heavy atom. The van der Waals surface area contributed by atoms with E-state index >= 15 is 0 Å². The molecule has 0 aliphatic carbocycles. The van der Waals surface area contributed by atoms with E-state index in [0.29, 0.717) is 17.2 Å². The Kier molecular flexibility index (Phi) is 5.70. The van der Waals surface area contributed by atoms with Crippen LogP contribution in [-0.4, -0.2) is 37.7 Å². The average Bonchev–Trinajstić information content (AvgIpc) is 2.43. The van der Waals surface area contributed by atoms with E-state index in [2.05, 4.69) is 37.2 Å². The lowest BCUT2D eigenvalue weighted by Gasteiger charge is -2.29. The molecule has 0 amide bonds. The Bertz CT molecular complexity index is 430. The van der Waals surface area contributed by atoms with Crippen molar-refractivity contribution in [2.75, 3.05) is 26.7 Å². The normalized spacial score (nSPS) is 19.0. The zero-order valence-corrected chi connectivity index (χ0v) is 13.4. The smallest absolute Gasteiger partial charge is 0.138 e. The molecule has 1 aromatic carbocycles. The number of nitrogens with zero attached hydrogens (tertiary/aromatic N) is 1. The van der Waals surface area contributed by atoms with E-state index in [-0.39, 0.29) is 0 Å². The lowest BCUT2D eigenvalue weighted by molar-refractivity contribution is 0.114. The number of piperidine rings is 1. The van der Waals surface area contributed by atoms with Crippen LogP contribution in [-0.2, 0) is 0 Å². The van der Waals surface area contributed by atoms with Gasteiger partial charge in [-0.1, -0.05) is 24.6 Å². The fourth-order valence-corrected chi connectivity index (χ4v) is 2.82. The molecule has 1 fully saturated rings. The molecular weight excluding hydrogens is 272 g/mol. The maximum absolute atomic E-state index is 6.36. The number of halogens is 1. The maximum atomic E-state index is 6.36. The molecule has 1 aliphatic rings. The number of nitrogens with one attached hydrogen (secondary N) is 1. The molecule has 1 atom stereocenters. The van der Waals surface area contributed by atoms with Crippen LogP contribution in [0.2, 0.25) is 5.02 Å². The van der Waals surface area contributed by atoms with E-state index in [1.54, 1.807) is 0 Å². The highest BCUT2D eigenvalue weighted by atomic mass is 35.5. The number of hydrogen-bond acceptors (Lipinski definition) is 3. The van der Waals surface area contributed by atoms with Crippen molar-refractivity contribution in [1.29, 1.82) is 0 Å². The van der Waals surface area contributed by atoms with Gasteiger partial charge in [-0.05, 0) is 51.1 Å². The Morgan fingerprint density at radius 3 is 2.70 bits per heavy atom. The van der Waals surface area contributed by atoms with Crippen LogP contribution in [0.5, 0.6) is 5.75 Å². The van der Waals surface area contributed by atoms with Gasteiger partial charge in [0.2, 0.25) is 0 Å². The predicted octanol–water partition coefficient (Wildman–Crippen LogP) is 3.48. The standard InChI is InChI=1S/C16H25ClN2O/c1-4-18-12(2)13-5-6-16(15(17)11-13)20-14-7-9-19(3)10-8-14/h5-6,11-12,14,18H,4,7-10H2,1-3H3. The largest absolute Gasteiger partial charge is 0.489 e. The quantitative estimate of drug-likeness (QED) is 0.900. The molecule has 0 bridgehead atoms. The minimum atomic E-state index is 0.292. The summed E-state index contributed by atoms with van der Waals surface area (Å²) in [6.07, 6.45) is 2.44. The van der Waals surface area contributed by atoms with Gasteiger partial charge >= 0.3 is 0 Å². The van der Waals surface area contributed by atoms with E-state index in [0.717, 1.165) is 38.2 Å². The van der Waals surface area contributed by atoms with Crippen LogP contribution < -0.4 is 10.1 Å². The van der Waals surface area contributed by atoms with Crippen LogP contribution >= 0.6 is 11.6 Å². The fourth-order valence-electron chi connectivity index (χ4n) is 2.59. The van der Waals surface area contributed by atoms with Gasteiger partial charge in [0.25, 0.3) is 0 Å². The van der Waals surface area contributed by atoms with E-state index in [9.17, 15) is 0 Å². The van der Waals surface area contributed by atoms with E-state index in [4.69, 9.17) is 16.3 Å². The van der Waals surface area contributed by atoms with Crippen molar-refractivity contribution >= 4 is 11.6 Å². The van der Waals surface area contributed by atoms with Gasteiger partial charge in [0, 0.05) is 19.1 Å². The molecule has 1 N–H and O–H groups in total. The molecule has 1 aromatic rings. The lowest BCUT2D eigenvalue weighted by atomic mass is 10.1. The highest BCUT2D eigenvalue weighted by molar-refractivity contribution is 6.32. The summed E-state index contributed by atoms with van der Waals surface area (Å²) in [7, 11) is 2.15. The average molecular weight is 297 g/mol. The molecule has 1 heterocycles. The first kappa shape index (κ1) is 15.6. The molecule has 4 heteroatoms. The third kappa shape index (κ3) is 4.11. The number of rotatable bonds is 5. The van der Waals surface area contributed by atoms with Crippen LogP contribution in [0.4, 0.5) is 0 Å². The second-order valence-electron chi connectivity index (χ2n) is 5.59. The minimum Gasteiger partial charge on any atom is -0.489 e. The van der Waals surface area contributed by atoms with E-state index in [1.807, 2.05) is 12.1 Å². The van der Waals surface area contributed by atoms with Crippen molar-refractivity contribution in [1.82, 2.24) is 10.2 Å². The van der Waals surface area contributed by atoms with Crippen LogP contribution in [0, 0.1) is 0 Å². The van der Waals surface area contributed by atoms with Gasteiger partial charge in [-0.2, -0.15) is 0 Å². The Hall–Kier alpha value is -0.770. The fraction of sp³-hybridized carbons (Fsp3) is 0.625. The van der Waals surface area contributed by atoms with Gasteiger partial charge in [0.05, 0.1) is 5.02 Å². The first-order valence-electron chi connectivity index (χ1n) is 7.48. The summed E-state index contributed by atoms with van der Waals surface area (Å²) < 4.78 is 6.05. The van der Waals surface area contributed by atoms with Crippen LogP contribution in [0.25, 0.3) is 0 Å². The third-order valence-corrected chi connectivity index (χ3v) is 4.22. The summed E-state index contributed by atoms with van der Waals surface area (Å²) in [5.74, 6) is 0.814. The van der Waals surface area contributed by atoms with E-state index < -0.39 is 0 Å². The van der Waals surface area contributed by atoms with Crippen molar-refractivity contribution in [3.63, 3.8) is 0 Å². The third-order valence-electron chi connectivity index (χ3n) is 3.93. The summed E-state index contributed by atoms with van der Waals surface area (Å²) in [4.78, 5) is 2.34. The molecular formula is C16H25ClN2O. The molecule has 1 aliphatic heterocycles. The summed E-state index contributed by atoms with van der Waals surface area (Å²) in [6.45, 7) is 7.39. The van der Waals surface area contributed by atoms with Crippen LogP contribution in [0.3, 0.4) is 0 Å². The second kappa shape index (κ2) is 7.30. The topological polar surface area (TPSA) is 24.5 Å². The Balaban J connectivity index is 1.99. The zero-order valence-electron chi connectivity index (χ0n) is 12.7. The first-order chi connectivity index (χ1) is 9.60. The Morgan fingerprint density at radius 1 is 1.40 bits per heavy atom. The minimum absolute atomic E-state index is 0.292. The summed E-state index contributed by atoms with van der Waals surface area (Å²) >= 11 is 6.36. The number of likely N-dealkylation sites (tertiary alicyclic amines) is 1. The van der Waals surface area contributed by atoms with Gasteiger partial charge in [0.15, 0.2) is 0 Å². The van der Waals surface area contributed by atoms with Crippen molar-refractivity contribution in [2.45, 2.75) is 38.8 Å². The summed E-state index contributed by atoms with van der Waals surface area (Å²) in [6, 6.07) is 6.43. The van der Waals surface area contributed by atoms with Crippen molar-refractivity contribution in [3.8, 4) is 5.75 Å². The SMILES string of the molecule is CCNC(C)c1ccc(OC2CCN(C)CC2)c(Cl)c1. The van der Waals surface area contributed by atoms with Crippen molar-refractivity contribution < 1.29 is 4.74 Å². The van der Waals surface area contributed by atoms with Crippen LogP contribution in [0.1, 0.15) is 38.3 Å². The monoisotopic (exact) mass is 296 g/mol. The molecule has 112 valence electrons. The molecule has 20 heavy (non-hydrogen) atoms. The maximum Gasteiger partial charge on any atom is 0.138 e.